The molecule has 0 spiro atoms. The van der Waals surface area contributed by atoms with E-state index < -0.39 is 0 Å². The van der Waals surface area contributed by atoms with Gasteiger partial charge in [-0.2, -0.15) is 8.75 Å². The second kappa shape index (κ2) is 24.6. The van der Waals surface area contributed by atoms with Crippen LogP contribution in [0.15, 0.2) is 95.7 Å². The maximum Gasteiger partial charge on any atom is 0.116 e. The summed E-state index contributed by atoms with van der Waals surface area (Å²) in [6.45, 7) is 9.19. The lowest BCUT2D eigenvalue weighted by atomic mass is 9.95. The van der Waals surface area contributed by atoms with Crippen LogP contribution < -0.4 is 0 Å². The van der Waals surface area contributed by atoms with E-state index >= 15 is 0 Å². The molecule has 6 heterocycles. The Morgan fingerprint density at radius 3 is 1.17 bits per heavy atom. The van der Waals surface area contributed by atoms with Crippen LogP contribution in [0.4, 0.5) is 0 Å². The van der Waals surface area contributed by atoms with Crippen molar-refractivity contribution in [2.45, 2.75) is 156 Å². The van der Waals surface area contributed by atoms with Gasteiger partial charge in [0.2, 0.25) is 0 Å². The molecule has 0 atom stereocenters. The van der Waals surface area contributed by atoms with E-state index in [1.54, 1.807) is 0 Å². The summed E-state index contributed by atoms with van der Waals surface area (Å²) >= 11 is 8.99. The smallest absolute Gasteiger partial charge is 0.116 e. The molecule has 69 heavy (non-hydrogen) atoms. The SMILES string of the molecule is CCCCCCc1csc(-c2cc(CCCCCC)c(-c3c4nsnc4c(-c4sc(-c5cc(CCCCCC)cs5)cc4CCCCCC)c4nc(-c5ccccc5)c(-c5ccccc5)nc34)s2)c1. The molecule has 9 aromatic rings. The van der Waals surface area contributed by atoms with Crippen LogP contribution in [0, 0.1) is 0 Å². The lowest BCUT2D eigenvalue weighted by Gasteiger charge is -2.17. The maximum absolute atomic E-state index is 5.92. The maximum atomic E-state index is 5.92. The molecule has 358 valence electrons. The topological polar surface area (TPSA) is 51.6 Å². The van der Waals surface area contributed by atoms with Crippen LogP contribution in [0.1, 0.15) is 153 Å². The van der Waals surface area contributed by atoms with Crippen LogP contribution in [0.25, 0.3) is 85.0 Å². The molecule has 0 saturated heterocycles. The molecular weight excluding hydrogens is 937 g/mol. The number of thiophene rings is 4. The quantitative estimate of drug-likeness (QED) is 0.0507. The van der Waals surface area contributed by atoms with Gasteiger partial charge >= 0.3 is 0 Å². The molecule has 0 aliphatic heterocycles. The molecule has 6 aromatic heterocycles. The second-order valence-corrected chi connectivity index (χ2v) is 23.3. The first kappa shape index (κ1) is 49.6. The Morgan fingerprint density at radius 2 is 0.783 bits per heavy atom. The highest BCUT2D eigenvalue weighted by molar-refractivity contribution is 7.24. The third-order valence-corrected chi connectivity index (χ3v) is 18.8. The molecule has 0 aliphatic rings. The highest BCUT2D eigenvalue weighted by atomic mass is 32.1. The van der Waals surface area contributed by atoms with Gasteiger partial charge in [0, 0.05) is 51.5 Å². The molecule has 0 unspecified atom stereocenters. The van der Waals surface area contributed by atoms with Gasteiger partial charge in [-0.05, 0) is 109 Å². The number of unbranched alkanes of at least 4 members (excludes halogenated alkanes) is 12. The van der Waals surface area contributed by atoms with Gasteiger partial charge in [0.05, 0.1) is 23.1 Å². The van der Waals surface area contributed by atoms with Crippen molar-refractivity contribution < 1.29 is 0 Å². The minimum atomic E-state index is 0.896. The standard InChI is InChI=1S/C60H68N4S5/c1-5-9-13-19-27-41-35-47(65-39-41)49-37-45(33-21-15-11-7-3)59(67-49)51-55-56(62-54(44-31-25-18-26-32-44)53(61-55)43-29-23-17-24-30-43)52(58-57(51)63-69-64-58)60-46(34-22-16-12-8-4)38-50(68-60)48-36-42(40-66-48)28-20-14-10-6-2/h17-18,23-26,29-32,35-40H,5-16,19-22,27-28,33-34H2,1-4H3. The minimum absolute atomic E-state index is 0.896. The van der Waals surface area contributed by atoms with Gasteiger partial charge in [-0.1, -0.05) is 165 Å². The van der Waals surface area contributed by atoms with Gasteiger partial charge < -0.3 is 0 Å². The van der Waals surface area contributed by atoms with E-state index in [9.17, 15) is 0 Å². The minimum Gasteiger partial charge on any atom is -0.243 e. The van der Waals surface area contributed by atoms with Crippen molar-refractivity contribution >= 4 is 79.1 Å². The molecule has 4 nitrogen and oxygen atoms in total. The zero-order valence-corrected chi connectivity index (χ0v) is 45.3. The summed E-state index contributed by atoms with van der Waals surface area (Å²) in [4.78, 5) is 19.8. The van der Waals surface area contributed by atoms with Gasteiger partial charge in [-0.15, -0.1) is 45.3 Å². The Kier molecular flexibility index (Phi) is 17.7. The number of aryl methyl sites for hydroxylation is 4. The number of hydrogen-bond donors (Lipinski definition) is 0. The number of aromatic nitrogens is 4. The molecule has 0 bridgehead atoms. The van der Waals surface area contributed by atoms with Crippen molar-refractivity contribution in [2.24, 2.45) is 0 Å². The summed E-state index contributed by atoms with van der Waals surface area (Å²) in [5.41, 5.74) is 15.5. The normalized spacial score (nSPS) is 11.8. The summed E-state index contributed by atoms with van der Waals surface area (Å²) in [6.07, 6.45) is 24.3. The number of hydrogen-bond acceptors (Lipinski definition) is 9. The molecule has 9 rings (SSSR count). The lowest BCUT2D eigenvalue weighted by molar-refractivity contribution is 0.667. The van der Waals surface area contributed by atoms with Gasteiger partial charge in [0.25, 0.3) is 0 Å². The van der Waals surface area contributed by atoms with E-state index in [-0.39, 0.29) is 0 Å². The number of nitrogens with zero attached hydrogens (tertiary/aromatic N) is 4. The van der Waals surface area contributed by atoms with Crippen LogP contribution in [0.2, 0.25) is 0 Å². The summed E-state index contributed by atoms with van der Waals surface area (Å²) in [5, 5.41) is 4.80. The second-order valence-electron chi connectivity index (χ2n) is 18.9. The Balaban J connectivity index is 1.29. The summed E-state index contributed by atoms with van der Waals surface area (Å²) in [5.74, 6) is 0. The lowest BCUT2D eigenvalue weighted by Crippen LogP contribution is -2.01. The monoisotopic (exact) mass is 1000 g/mol. The molecule has 0 amide bonds. The predicted octanol–water partition coefficient (Wildman–Crippen LogP) is 20.4. The van der Waals surface area contributed by atoms with Crippen molar-refractivity contribution in [1.29, 1.82) is 0 Å². The van der Waals surface area contributed by atoms with Crippen LogP contribution in [0.5, 0.6) is 0 Å². The van der Waals surface area contributed by atoms with Crippen molar-refractivity contribution in [3.8, 4) is 62.9 Å². The van der Waals surface area contributed by atoms with Gasteiger partial charge in [0.15, 0.2) is 0 Å². The fraction of sp³-hybridized carbons (Fsp3) is 0.400. The average Bonchev–Trinajstić information content (AvgIpc) is 4.26. The number of benzene rings is 3. The van der Waals surface area contributed by atoms with Crippen molar-refractivity contribution in [1.82, 2.24) is 18.7 Å². The fourth-order valence-electron chi connectivity index (χ4n) is 9.71. The highest BCUT2D eigenvalue weighted by Gasteiger charge is 2.29. The van der Waals surface area contributed by atoms with Gasteiger partial charge in [0.1, 0.15) is 22.1 Å². The summed E-state index contributed by atoms with van der Waals surface area (Å²) in [7, 11) is 0. The average molecular weight is 1010 g/mol. The van der Waals surface area contributed by atoms with Gasteiger partial charge in [-0.25, -0.2) is 9.97 Å². The van der Waals surface area contributed by atoms with Gasteiger partial charge in [-0.3, -0.25) is 0 Å². The van der Waals surface area contributed by atoms with E-state index in [1.165, 1.54) is 153 Å². The van der Waals surface area contributed by atoms with Crippen molar-refractivity contribution in [2.75, 3.05) is 0 Å². The summed E-state index contributed by atoms with van der Waals surface area (Å²) < 4.78 is 10.6. The Hall–Kier alpha value is -4.38. The van der Waals surface area contributed by atoms with Crippen LogP contribution in [-0.2, 0) is 25.7 Å². The predicted molar refractivity (Wildman–Crippen MR) is 306 cm³/mol. The summed E-state index contributed by atoms with van der Waals surface area (Å²) in [6, 6.07) is 31.3. The molecule has 0 N–H and O–H groups in total. The molecule has 0 aliphatic carbocycles. The Bertz CT molecular complexity index is 2820. The van der Waals surface area contributed by atoms with Crippen LogP contribution in [0.3, 0.4) is 0 Å². The zero-order valence-electron chi connectivity index (χ0n) is 41.2. The third kappa shape index (κ3) is 11.7. The first-order valence-electron chi connectivity index (χ1n) is 26.1. The third-order valence-electron chi connectivity index (χ3n) is 13.5. The molecule has 3 aromatic carbocycles. The van der Waals surface area contributed by atoms with E-state index in [1.807, 2.05) is 45.3 Å². The van der Waals surface area contributed by atoms with Crippen molar-refractivity contribution in [3.05, 3.63) is 118 Å². The van der Waals surface area contributed by atoms with E-state index in [2.05, 4.69) is 123 Å². The number of fused-ring (bicyclic) bond motifs is 2. The molecule has 0 radical (unpaired) electrons. The molecular formula is C60H68N4S5. The molecule has 0 saturated carbocycles. The first-order valence-corrected chi connectivity index (χ1v) is 30.2. The first-order chi connectivity index (χ1) is 34.1. The number of rotatable bonds is 26. The zero-order chi connectivity index (χ0) is 47.4. The highest BCUT2D eigenvalue weighted by Crippen LogP contribution is 2.52. The van der Waals surface area contributed by atoms with Crippen molar-refractivity contribution in [3.63, 3.8) is 0 Å². The van der Waals surface area contributed by atoms with E-state index in [0.29, 0.717) is 0 Å². The Labute approximate surface area is 431 Å². The van der Waals surface area contributed by atoms with E-state index in [0.717, 1.165) is 94.2 Å². The molecule has 9 heteroatoms. The molecule has 0 fully saturated rings. The fourth-order valence-corrected chi connectivity index (χ4v) is 14.9. The van der Waals surface area contributed by atoms with Crippen LogP contribution >= 0.6 is 57.1 Å². The Morgan fingerprint density at radius 1 is 0.391 bits per heavy atom. The van der Waals surface area contributed by atoms with Crippen LogP contribution in [-0.4, -0.2) is 18.7 Å². The van der Waals surface area contributed by atoms with E-state index in [4.69, 9.17) is 18.7 Å². The largest absolute Gasteiger partial charge is 0.243 e.